The van der Waals surface area contributed by atoms with Crippen LogP contribution in [0.3, 0.4) is 0 Å². The minimum atomic E-state index is 0.453. The first kappa shape index (κ1) is 15.0. The molecule has 0 spiro atoms. The Hall–Kier alpha value is -0.0600. The molecule has 1 N–H and O–H groups in total. The van der Waals surface area contributed by atoms with Crippen LogP contribution in [0, 0.1) is 12.8 Å². The van der Waals surface area contributed by atoms with Gasteiger partial charge >= 0.3 is 0 Å². The molecular formula is C12H21BrClN3. The highest BCUT2D eigenvalue weighted by Gasteiger charge is 2.15. The van der Waals surface area contributed by atoms with Crippen molar-refractivity contribution in [3.8, 4) is 0 Å². The Kier molecular flexibility index (Phi) is 5.97. The van der Waals surface area contributed by atoms with E-state index in [9.17, 15) is 0 Å². The average Bonchev–Trinajstić information content (AvgIpc) is 2.49. The first-order valence-electron chi connectivity index (χ1n) is 5.94. The van der Waals surface area contributed by atoms with Crippen LogP contribution in [0.4, 0.5) is 0 Å². The molecule has 17 heavy (non-hydrogen) atoms. The zero-order chi connectivity index (χ0) is 13.0. The second kappa shape index (κ2) is 6.76. The highest BCUT2D eigenvalue weighted by molar-refractivity contribution is 9.10. The maximum absolute atomic E-state index is 5.82. The molecule has 1 aromatic heterocycles. The van der Waals surface area contributed by atoms with E-state index in [1.165, 1.54) is 5.69 Å². The van der Waals surface area contributed by atoms with Crippen molar-refractivity contribution >= 4 is 27.5 Å². The van der Waals surface area contributed by atoms with Crippen LogP contribution in [0.5, 0.6) is 0 Å². The molecule has 0 saturated carbocycles. The molecule has 0 aliphatic rings. The maximum Gasteiger partial charge on any atom is 0.0739 e. The number of aromatic nitrogens is 2. The largest absolute Gasteiger partial charge is 0.308 e. The fraction of sp³-hybridized carbons (Fsp3) is 0.750. The summed E-state index contributed by atoms with van der Waals surface area (Å²) in [5.74, 6) is 1.28. The van der Waals surface area contributed by atoms with E-state index in [2.05, 4.69) is 40.2 Å². The number of halogens is 2. The van der Waals surface area contributed by atoms with Crippen molar-refractivity contribution in [3.63, 3.8) is 0 Å². The van der Waals surface area contributed by atoms with Gasteiger partial charge in [0.25, 0.3) is 0 Å². The van der Waals surface area contributed by atoms with Gasteiger partial charge in [0.15, 0.2) is 0 Å². The van der Waals surface area contributed by atoms with Crippen LogP contribution < -0.4 is 5.32 Å². The van der Waals surface area contributed by atoms with Crippen LogP contribution in [0.2, 0.25) is 0 Å². The van der Waals surface area contributed by atoms with Gasteiger partial charge < -0.3 is 5.32 Å². The van der Waals surface area contributed by atoms with Crippen molar-refractivity contribution in [2.45, 2.75) is 39.8 Å². The third-order valence-electron chi connectivity index (χ3n) is 3.02. The van der Waals surface area contributed by atoms with Crippen LogP contribution in [-0.4, -0.2) is 21.7 Å². The smallest absolute Gasteiger partial charge is 0.0739 e. The summed E-state index contributed by atoms with van der Waals surface area (Å²) in [6.07, 6.45) is 0.994. The third-order valence-corrected chi connectivity index (χ3v) is 4.27. The highest BCUT2D eigenvalue weighted by atomic mass is 79.9. The molecule has 1 rings (SSSR count). The van der Waals surface area contributed by atoms with E-state index in [4.69, 9.17) is 11.6 Å². The van der Waals surface area contributed by atoms with Gasteiger partial charge in [-0.25, -0.2) is 0 Å². The third kappa shape index (κ3) is 3.97. The van der Waals surface area contributed by atoms with Crippen molar-refractivity contribution < 1.29 is 0 Å². The summed E-state index contributed by atoms with van der Waals surface area (Å²) in [7, 11) is 1.97. The Bertz CT molecular complexity index is 363. The fourth-order valence-electron chi connectivity index (χ4n) is 1.89. The SMILES string of the molecule is Cc1nn(C)c(CNC(CCCl)C(C)C)c1Br. The van der Waals surface area contributed by atoms with E-state index >= 15 is 0 Å². The zero-order valence-electron chi connectivity index (χ0n) is 10.9. The molecule has 0 aliphatic heterocycles. The van der Waals surface area contributed by atoms with Gasteiger partial charge in [0.1, 0.15) is 0 Å². The predicted octanol–water partition coefficient (Wildman–Crippen LogP) is 3.23. The second-order valence-corrected chi connectivity index (χ2v) is 5.85. The van der Waals surface area contributed by atoms with Crippen molar-refractivity contribution in [2.24, 2.45) is 13.0 Å². The standard InChI is InChI=1S/C12H21BrClN3/c1-8(2)10(5-6-14)15-7-11-12(13)9(3)16-17(11)4/h8,10,15H,5-7H2,1-4H3. The van der Waals surface area contributed by atoms with Gasteiger partial charge in [-0.05, 0) is 35.2 Å². The normalized spacial score (nSPS) is 13.4. The second-order valence-electron chi connectivity index (χ2n) is 4.68. The van der Waals surface area contributed by atoms with Crippen LogP contribution in [-0.2, 0) is 13.6 Å². The van der Waals surface area contributed by atoms with Crippen LogP contribution in [0.1, 0.15) is 31.7 Å². The molecule has 1 unspecified atom stereocenters. The highest BCUT2D eigenvalue weighted by Crippen LogP contribution is 2.20. The predicted molar refractivity (Wildman–Crippen MR) is 76.4 cm³/mol. The molecule has 98 valence electrons. The Balaban J connectivity index is 2.65. The number of hydrogen-bond acceptors (Lipinski definition) is 2. The van der Waals surface area contributed by atoms with E-state index < -0.39 is 0 Å². The van der Waals surface area contributed by atoms with Gasteiger partial charge in [-0.2, -0.15) is 5.10 Å². The van der Waals surface area contributed by atoms with Gasteiger partial charge in [-0.15, -0.1) is 11.6 Å². The van der Waals surface area contributed by atoms with Crippen LogP contribution >= 0.6 is 27.5 Å². The Labute approximate surface area is 117 Å². The molecule has 0 saturated heterocycles. The number of aryl methyl sites for hydroxylation is 2. The van der Waals surface area contributed by atoms with Crippen LogP contribution in [0.15, 0.2) is 4.47 Å². The summed E-state index contributed by atoms with van der Waals surface area (Å²) in [4.78, 5) is 0. The van der Waals surface area contributed by atoms with E-state index in [0.717, 1.165) is 23.1 Å². The minimum absolute atomic E-state index is 0.453. The lowest BCUT2D eigenvalue weighted by atomic mass is 10.0. The molecular weight excluding hydrogens is 302 g/mol. The quantitative estimate of drug-likeness (QED) is 0.815. The Morgan fingerprint density at radius 2 is 2.12 bits per heavy atom. The first-order chi connectivity index (χ1) is 7.97. The number of nitrogens with one attached hydrogen (secondary N) is 1. The fourth-order valence-corrected chi connectivity index (χ4v) is 2.60. The summed E-state index contributed by atoms with van der Waals surface area (Å²) in [5, 5.41) is 7.94. The van der Waals surface area contributed by atoms with E-state index in [0.29, 0.717) is 17.8 Å². The van der Waals surface area contributed by atoms with Crippen LogP contribution in [0.25, 0.3) is 0 Å². The zero-order valence-corrected chi connectivity index (χ0v) is 13.3. The molecule has 0 radical (unpaired) electrons. The molecule has 3 nitrogen and oxygen atoms in total. The average molecular weight is 323 g/mol. The molecule has 0 aliphatic carbocycles. The van der Waals surface area contributed by atoms with Gasteiger partial charge in [0.2, 0.25) is 0 Å². The monoisotopic (exact) mass is 321 g/mol. The van der Waals surface area contributed by atoms with Crippen molar-refractivity contribution in [2.75, 3.05) is 5.88 Å². The number of alkyl halides is 1. The Morgan fingerprint density at radius 1 is 1.47 bits per heavy atom. The summed E-state index contributed by atoms with van der Waals surface area (Å²) < 4.78 is 3.02. The van der Waals surface area contributed by atoms with E-state index in [-0.39, 0.29) is 0 Å². The maximum atomic E-state index is 5.82. The van der Waals surface area contributed by atoms with E-state index in [1.807, 2.05) is 18.7 Å². The van der Waals surface area contributed by atoms with Gasteiger partial charge in [-0.3, -0.25) is 4.68 Å². The van der Waals surface area contributed by atoms with Crippen molar-refractivity contribution in [3.05, 3.63) is 15.9 Å². The summed E-state index contributed by atoms with van der Waals surface area (Å²) >= 11 is 9.40. The molecule has 0 aromatic carbocycles. The van der Waals surface area contributed by atoms with E-state index in [1.54, 1.807) is 0 Å². The summed E-state index contributed by atoms with van der Waals surface area (Å²) in [6, 6.07) is 0.453. The Morgan fingerprint density at radius 3 is 2.53 bits per heavy atom. The van der Waals surface area contributed by atoms with Gasteiger partial charge in [-0.1, -0.05) is 13.8 Å². The first-order valence-corrected chi connectivity index (χ1v) is 7.27. The molecule has 1 atom stereocenters. The molecule has 0 fully saturated rings. The molecule has 0 bridgehead atoms. The molecule has 5 heteroatoms. The molecule has 1 heterocycles. The van der Waals surface area contributed by atoms with Gasteiger partial charge in [0, 0.05) is 25.5 Å². The number of rotatable bonds is 6. The van der Waals surface area contributed by atoms with Crippen molar-refractivity contribution in [1.82, 2.24) is 15.1 Å². The lowest BCUT2D eigenvalue weighted by molar-refractivity contribution is 0.383. The molecule has 0 amide bonds. The minimum Gasteiger partial charge on any atom is -0.308 e. The van der Waals surface area contributed by atoms with Crippen molar-refractivity contribution in [1.29, 1.82) is 0 Å². The topological polar surface area (TPSA) is 29.9 Å². The summed E-state index contributed by atoms with van der Waals surface area (Å²) in [5.41, 5.74) is 2.21. The lowest BCUT2D eigenvalue weighted by Gasteiger charge is -2.21. The lowest BCUT2D eigenvalue weighted by Crippen LogP contribution is -2.34. The summed E-state index contributed by atoms with van der Waals surface area (Å²) in [6.45, 7) is 7.26. The number of hydrogen-bond donors (Lipinski definition) is 1. The number of nitrogens with zero attached hydrogens (tertiary/aromatic N) is 2. The van der Waals surface area contributed by atoms with Gasteiger partial charge in [0.05, 0.1) is 15.9 Å². The molecule has 1 aromatic rings.